The number of carboxylic acids is 1. The third kappa shape index (κ3) is 1.87. The van der Waals surface area contributed by atoms with Gasteiger partial charge in [0.2, 0.25) is 0 Å². The van der Waals surface area contributed by atoms with Crippen LogP contribution < -0.4 is 5.32 Å². The predicted octanol–water partition coefficient (Wildman–Crippen LogP) is 2.48. The first-order valence-electron chi connectivity index (χ1n) is 5.90. The SMILES string of the molecule is O=C(O)CC1NCCc2c1[nH]c1ccc(Cl)cc21. The number of fused-ring (bicyclic) bond motifs is 3. The Morgan fingerprint density at radius 2 is 2.33 bits per heavy atom. The molecule has 18 heavy (non-hydrogen) atoms. The summed E-state index contributed by atoms with van der Waals surface area (Å²) in [6.07, 6.45) is 0.985. The lowest BCUT2D eigenvalue weighted by molar-refractivity contribution is -0.137. The fraction of sp³-hybridized carbons (Fsp3) is 0.308. The zero-order valence-electron chi connectivity index (χ0n) is 9.66. The molecule has 0 fully saturated rings. The fourth-order valence-electron chi connectivity index (χ4n) is 2.63. The maximum absolute atomic E-state index is 10.9. The van der Waals surface area contributed by atoms with Crippen LogP contribution in [0.25, 0.3) is 10.9 Å². The van der Waals surface area contributed by atoms with E-state index < -0.39 is 5.97 Å². The normalized spacial score (nSPS) is 18.8. The summed E-state index contributed by atoms with van der Waals surface area (Å²) in [5.74, 6) is -0.794. The van der Waals surface area contributed by atoms with E-state index in [-0.39, 0.29) is 12.5 Å². The summed E-state index contributed by atoms with van der Waals surface area (Å²) in [4.78, 5) is 14.2. The minimum atomic E-state index is -0.794. The van der Waals surface area contributed by atoms with Gasteiger partial charge in [-0.3, -0.25) is 4.79 Å². The number of halogens is 1. The van der Waals surface area contributed by atoms with Crippen molar-refractivity contribution in [2.75, 3.05) is 6.54 Å². The number of carboxylic acid groups (broad SMARTS) is 1. The molecule has 0 bridgehead atoms. The van der Waals surface area contributed by atoms with Crippen LogP contribution in [0.4, 0.5) is 0 Å². The second kappa shape index (κ2) is 4.30. The monoisotopic (exact) mass is 264 g/mol. The number of benzene rings is 1. The number of H-pyrrole nitrogens is 1. The Morgan fingerprint density at radius 1 is 1.50 bits per heavy atom. The van der Waals surface area contributed by atoms with E-state index in [4.69, 9.17) is 16.7 Å². The van der Waals surface area contributed by atoms with Crippen LogP contribution >= 0.6 is 11.6 Å². The Kier molecular flexibility index (Phi) is 2.76. The third-order valence-corrected chi connectivity index (χ3v) is 3.63. The molecule has 1 aliphatic heterocycles. The number of aromatic nitrogens is 1. The Hall–Kier alpha value is -1.52. The Bertz CT molecular complexity index is 621. The van der Waals surface area contributed by atoms with Gasteiger partial charge in [0.05, 0.1) is 12.5 Å². The Morgan fingerprint density at radius 3 is 3.11 bits per heavy atom. The summed E-state index contributed by atoms with van der Waals surface area (Å²) in [5, 5.41) is 14.0. The van der Waals surface area contributed by atoms with E-state index >= 15 is 0 Å². The van der Waals surface area contributed by atoms with Crippen molar-refractivity contribution in [3.05, 3.63) is 34.5 Å². The molecule has 1 aromatic carbocycles. The molecular formula is C13H13ClN2O2. The molecule has 0 aliphatic carbocycles. The lowest BCUT2D eigenvalue weighted by Gasteiger charge is -2.22. The van der Waals surface area contributed by atoms with Crippen LogP contribution in [0.3, 0.4) is 0 Å². The van der Waals surface area contributed by atoms with Gasteiger partial charge < -0.3 is 15.4 Å². The van der Waals surface area contributed by atoms with Crippen LogP contribution in [0.15, 0.2) is 18.2 Å². The predicted molar refractivity (Wildman–Crippen MR) is 70.0 cm³/mol. The van der Waals surface area contributed by atoms with Crippen molar-refractivity contribution in [1.82, 2.24) is 10.3 Å². The molecule has 0 saturated heterocycles. The van der Waals surface area contributed by atoms with E-state index in [0.717, 1.165) is 29.6 Å². The summed E-state index contributed by atoms with van der Waals surface area (Å²) < 4.78 is 0. The number of aliphatic carboxylic acids is 1. The molecular weight excluding hydrogens is 252 g/mol. The van der Waals surface area contributed by atoms with E-state index in [2.05, 4.69) is 10.3 Å². The number of hydrogen-bond acceptors (Lipinski definition) is 2. The molecule has 2 heterocycles. The smallest absolute Gasteiger partial charge is 0.305 e. The highest BCUT2D eigenvalue weighted by molar-refractivity contribution is 6.31. The average Bonchev–Trinajstić information content (AvgIpc) is 2.68. The van der Waals surface area contributed by atoms with Gasteiger partial charge in [-0.1, -0.05) is 11.6 Å². The van der Waals surface area contributed by atoms with Crippen LogP contribution in [0.1, 0.15) is 23.7 Å². The van der Waals surface area contributed by atoms with Crippen LogP contribution in [0.5, 0.6) is 0 Å². The van der Waals surface area contributed by atoms with Crippen molar-refractivity contribution >= 4 is 28.5 Å². The lowest BCUT2D eigenvalue weighted by atomic mass is 9.97. The first-order chi connectivity index (χ1) is 8.65. The highest BCUT2D eigenvalue weighted by atomic mass is 35.5. The van der Waals surface area contributed by atoms with Crippen molar-refractivity contribution in [2.45, 2.75) is 18.9 Å². The van der Waals surface area contributed by atoms with Gasteiger partial charge >= 0.3 is 5.97 Å². The van der Waals surface area contributed by atoms with Crippen LogP contribution in [-0.2, 0) is 11.2 Å². The molecule has 0 spiro atoms. The second-order valence-electron chi connectivity index (χ2n) is 4.56. The largest absolute Gasteiger partial charge is 0.481 e. The van der Waals surface area contributed by atoms with E-state index in [0.29, 0.717) is 5.02 Å². The van der Waals surface area contributed by atoms with Gasteiger partial charge in [-0.2, -0.15) is 0 Å². The molecule has 3 N–H and O–H groups in total. The molecule has 0 amide bonds. The minimum absolute atomic E-state index is 0.0908. The van der Waals surface area contributed by atoms with Gasteiger partial charge in [-0.15, -0.1) is 0 Å². The van der Waals surface area contributed by atoms with Crippen LogP contribution in [0.2, 0.25) is 5.02 Å². The van der Waals surface area contributed by atoms with Gasteiger partial charge in [0.25, 0.3) is 0 Å². The first-order valence-corrected chi connectivity index (χ1v) is 6.28. The highest BCUT2D eigenvalue weighted by Gasteiger charge is 2.25. The summed E-state index contributed by atoms with van der Waals surface area (Å²) >= 11 is 6.02. The lowest BCUT2D eigenvalue weighted by Crippen LogP contribution is -2.31. The highest BCUT2D eigenvalue weighted by Crippen LogP contribution is 2.32. The molecule has 94 valence electrons. The second-order valence-corrected chi connectivity index (χ2v) is 5.00. The first kappa shape index (κ1) is 11.6. The molecule has 0 radical (unpaired) electrons. The zero-order valence-corrected chi connectivity index (χ0v) is 10.4. The van der Waals surface area contributed by atoms with Crippen LogP contribution in [-0.4, -0.2) is 22.6 Å². The van der Waals surface area contributed by atoms with E-state index in [9.17, 15) is 4.79 Å². The summed E-state index contributed by atoms with van der Waals surface area (Å²) in [6, 6.07) is 5.58. The Balaban J connectivity index is 2.12. The maximum Gasteiger partial charge on any atom is 0.305 e. The van der Waals surface area contributed by atoms with Gasteiger partial charge in [0.1, 0.15) is 0 Å². The van der Waals surface area contributed by atoms with Gasteiger partial charge in [0.15, 0.2) is 0 Å². The van der Waals surface area contributed by atoms with Gasteiger partial charge in [0, 0.05) is 21.6 Å². The summed E-state index contributed by atoms with van der Waals surface area (Å²) in [7, 11) is 0. The maximum atomic E-state index is 10.9. The molecule has 1 aromatic heterocycles. The number of carbonyl (C=O) groups is 1. The number of nitrogens with one attached hydrogen (secondary N) is 2. The Labute approximate surface area is 109 Å². The standard InChI is InChI=1S/C13H13ClN2O2/c14-7-1-2-10-9(5-7)8-3-4-15-11(6-12(17)18)13(8)16-10/h1-2,5,11,15-16H,3-4,6H2,(H,17,18). The average molecular weight is 265 g/mol. The molecule has 1 atom stereocenters. The zero-order chi connectivity index (χ0) is 12.7. The molecule has 2 aromatic rings. The molecule has 5 heteroatoms. The minimum Gasteiger partial charge on any atom is -0.481 e. The molecule has 3 rings (SSSR count). The van der Waals surface area contributed by atoms with Crippen molar-refractivity contribution in [2.24, 2.45) is 0 Å². The van der Waals surface area contributed by atoms with E-state index in [1.807, 2.05) is 18.2 Å². The van der Waals surface area contributed by atoms with E-state index in [1.54, 1.807) is 0 Å². The van der Waals surface area contributed by atoms with Gasteiger partial charge in [-0.25, -0.2) is 0 Å². The van der Waals surface area contributed by atoms with Gasteiger partial charge in [-0.05, 0) is 36.7 Å². The van der Waals surface area contributed by atoms with Crippen molar-refractivity contribution in [3.63, 3.8) is 0 Å². The van der Waals surface area contributed by atoms with Crippen molar-refractivity contribution < 1.29 is 9.90 Å². The van der Waals surface area contributed by atoms with Crippen molar-refractivity contribution in [1.29, 1.82) is 0 Å². The number of aromatic amines is 1. The number of rotatable bonds is 2. The molecule has 0 saturated carbocycles. The van der Waals surface area contributed by atoms with Crippen LogP contribution in [0, 0.1) is 0 Å². The van der Waals surface area contributed by atoms with Crippen molar-refractivity contribution in [3.8, 4) is 0 Å². The molecule has 4 nitrogen and oxygen atoms in total. The van der Waals surface area contributed by atoms with E-state index in [1.165, 1.54) is 5.56 Å². The third-order valence-electron chi connectivity index (χ3n) is 3.39. The quantitative estimate of drug-likeness (QED) is 0.781. The topological polar surface area (TPSA) is 65.1 Å². The fourth-order valence-corrected chi connectivity index (χ4v) is 2.80. The molecule has 1 aliphatic rings. The number of hydrogen-bond donors (Lipinski definition) is 3. The summed E-state index contributed by atoms with van der Waals surface area (Å²) in [5.41, 5.74) is 3.20. The molecule has 1 unspecified atom stereocenters. The summed E-state index contributed by atoms with van der Waals surface area (Å²) in [6.45, 7) is 0.796.